The maximum absolute atomic E-state index is 12.7. The fraction of sp³-hybridized carbons (Fsp3) is 0.688. The number of morpholine rings is 1. The van der Waals surface area contributed by atoms with Gasteiger partial charge in [0.15, 0.2) is 0 Å². The third kappa shape index (κ3) is 3.76. The first-order valence-corrected chi connectivity index (χ1v) is 8.60. The van der Waals surface area contributed by atoms with Crippen molar-refractivity contribution in [2.45, 2.75) is 25.9 Å². The monoisotopic (exact) mass is 335 g/mol. The number of hydrogen-bond donors (Lipinski definition) is 1. The lowest BCUT2D eigenvalue weighted by Crippen LogP contribution is -2.56. The zero-order valence-corrected chi connectivity index (χ0v) is 14.1. The van der Waals surface area contributed by atoms with Crippen LogP contribution >= 0.6 is 0 Å². The van der Waals surface area contributed by atoms with Crippen molar-refractivity contribution in [3.63, 3.8) is 0 Å². The van der Waals surface area contributed by atoms with E-state index in [9.17, 15) is 9.59 Å². The smallest absolute Gasteiger partial charge is 0.257 e. The lowest BCUT2D eigenvalue weighted by Gasteiger charge is -2.34. The second-order valence-electron chi connectivity index (χ2n) is 6.16. The first-order chi connectivity index (χ1) is 11.7. The SMILES string of the molecule is CCC1C(=O)NCCN1C(=O)c1cnn(CCN2CCOCC2)c1. The summed E-state index contributed by atoms with van der Waals surface area (Å²) in [6, 6.07) is -0.386. The van der Waals surface area contributed by atoms with Crippen LogP contribution in [0.25, 0.3) is 0 Å². The molecule has 2 aliphatic rings. The highest BCUT2D eigenvalue weighted by Gasteiger charge is 2.32. The standard InChI is InChI=1S/C16H25N5O3/c1-2-14-15(22)17-3-4-21(14)16(23)13-11-18-20(12-13)6-5-19-7-9-24-10-8-19/h11-12,14H,2-10H2,1H3,(H,17,22). The first kappa shape index (κ1) is 16.9. The van der Waals surface area contributed by atoms with Gasteiger partial charge in [-0.15, -0.1) is 0 Å². The number of carbonyl (C=O) groups excluding carboxylic acids is 2. The molecule has 2 aliphatic heterocycles. The van der Waals surface area contributed by atoms with Crippen LogP contribution in [0.3, 0.4) is 0 Å². The van der Waals surface area contributed by atoms with E-state index < -0.39 is 0 Å². The number of nitrogens with one attached hydrogen (secondary N) is 1. The molecule has 8 nitrogen and oxygen atoms in total. The van der Waals surface area contributed by atoms with Gasteiger partial charge in [-0.2, -0.15) is 5.10 Å². The van der Waals surface area contributed by atoms with Crippen LogP contribution in [0.2, 0.25) is 0 Å². The number of aromatic nitrogens is 2. The minimum Gasteiger partial charge on any atom is -0.379 e. The van der Waals surface area contributed by atoms with Crippen LogP contribution in [0.5, 0.6) is 0 Å². The molecule has 24 heavy (non-hydrogen) atoms. The molecule has 2 fully saturated rings. The van der Waals surface area contributed by atoms with Crippen LogP contribution < -0.4 is 5.32 Å². The molecule has 3 rings (SSSR count). The van der Waals surface area contributed by atoms with Gasteiger partial charge in [-0.05, 0) is 6.42 Å². The molecule has 1 atom stereocenters. The predicted molar refractivity (Wildman–Crippen MR) is 87.6 cm³/mol. The van der Waals surface area contributed by atoms with Crippen LogP contribution in [0, 0.1) is 0 Å². The Morgan fingerprint density at radius 3 is 2.88 bits per heavy atom. The molecule has 3 heterocycles. The van der Waals surface area contributed by atoms with Crippen LogP contribution in [-0.4, -0.2) is 83.4 Å². The summed E-state index contributed by atoms with van der Waals surface area (Å²) in [5.74, 6) is -0.189. The second kappa shape index (κ2) is 7.76. The summed E-state index contributed by atoms with van der Waals surface area (Å²) in [6.07, 6.45) is 3.99. The Kier molecular flexibility index (Phi) is 5.47. The summed E-state index contributed by atoms with van der Waals surface area (Å²) in [7, 11) is 0. The maximum Gasteiger partial charge on any atom is 0.257 e. The summed E-state index contributed by atoms with van der Waals surface area (Å²) >= 11 is 0. The third-order valence-corrected chi connectivity index (χ3v) is 4.61. The minimum absolute atomic E-state index is 0.0724. The molecular weight excluding hydrogens is 310 g/mol. The highest BCUT2D eigenvalue weighted by molar-refractivity contribution is 5.97. The molecule has 132 valence electrons. The zero-order valence-electron chi connectivity index (χ0n) is 14.1. The fourth-order valence-corrected chi connectivity index (χ4v) is 3.19. The van der Waals surface area contributed by atoms with Gasteiger partial charge in [-0.1, -0.05) is 6.92 Å². The van der Waals surface area contributed by atoms with Gasteiger partial charge in [0.25, 0.3) is 5.91 Å². The second-order valence-corrected chi connectivity index (χ2v) is 6.16. The number of ether oxygens (including phenoxy) is 1. The van der Waals surface area contributed by atoms with Crippen molar-refractivity contribution in [1.82, 2.24) is 24.9 Å². The number of piperazine rings is 1. The van der Waals surface area contributed by atoms with Gasteiger partial charge >= 0.3 is 0 Å². The quantitative estimate of drug-likeness (QED) is 0.790. The third-order valence-electron chi connectivity index (χ3n) is 4.61. The highest BCUT2D eigenvalue weighted by Crippen LogP contribution is 2.13. The molecule has 0 aromatic carbocycles. The number of nitrogens with zero attached hydrogens (tertiary/aromatic N) is 4. The van der Waals surface area contributed by atoms with Crippen LogP contribution in [0.15, 0.2) is 12.4 Å². The summed E-state index contributed by atoms with van der Waals surface area (Å²) in [4.78, 5) is 28.6. The van der Waals surface area contributed by atoms with Crippen molar-refractivity contribution >= 4 is 11.8 Å². The first-order valence-electron chi connectivity index (χ1n) is 8.60. The highest BCUT2D eigenvalue weighted by atomic mass is 16.5. The fourth-order valence-electron chi connectivity index (χ4n) is 3.19. The van der Waals surface area contributed by atoms with Crippen molar-refractivity contribution in [3.8, 4) is 0 Å². The van der Waals surface area contributed by atoms with Crippen molar-refractivity contribution in [2.75, 3.05) is 45.9 Å². The largest absolute Gasteiger partial charge is 0.379 e. The van der Waals surface area contributed by atoms with Crippen molar-refractivity contribution < 1.29 is 14.3 Å². The molecule has 0 radical (unpaired) electrons. The van der Waals surface area contributed by atoms with E-state index in [0.29, 0.717) is 25.1 Å². The van der Waals surface area contributed by atoms with E-state index in [4.69, 9.17) is 4.74 Å². The topological polar surface area (TPSA) is 79.7 Å². The summed E-state index contributed by atoms with van der Waals surface area (Å²) in [5.41, 5.74) is 0.546. The molecule has 1 N–H and O–H groups in total. The zero-order chi connectivity index (χ0) is 16.9. The molecular formula is C16H25N5O3. The van der Waals surface area contributed by atoms with E-state index in [1.165, 1.54) is 0 Å². The Bertz CT molecular complexity index is 582. The van der Waals surface area contributed by atoms with E-state index in [2.05, 4.69) is 15.3 Å². The average molecular weight is 335 g/mol. The molecule has 2 saturated heterocycles. The molecule has 0 aliphatic carbocycles. The van der Waals surface area contributed by atoms with Crippen LogP contribution in [0.4, 0.5) is 0 Å². The van der Waals surface area contributed by atoms with E-state index >= 15 is 0 Å². The molecule has 2 amide bonds. The van der Waals surface area contributed by atoms with Crippen molar-refractivity contribution in [3.05, 3.63) is 18.0 Å². The summed E-state index contributed by atoms with van der Waals surface area (Å²) in [6.45, 7) is 8.03. The number of hydrogen-bond acceptors (Lipinski definition) is 5. The normalized spacial score (nSPS) is 22.5. The molecule has 0 spiro atoms. The van der Waals surface area contributed by atoms with Gasteiger partial charge in [-0.3, -0.25) is 19.2 Å². The van der Waals surface area contributed by atoms with E-state index in [-0.39, 0.29) is 17.9 Å². The van der Waals surface area contributed by atoms with Gasteiger partial charge in [-0.25, -0.2) is 0 Å². The Balaban J connectivity index is 1.59. The maximum atomic E-state index is 12.7. The Morgan fingerprint density at radius 1 is 1.33 bits per heavy atom. The lowest BCUT2D eigenvalue weighted by molar-refractivity contribution is -0.127. The van der Waals surface area contributed by atoms with Crippen molar-refractivity contribution in [2.24, 2.45) is 0 Å². The van der Waals surface area contributed by atoms with Gasteiger partial charge in [0.2, 0.25) is 5.91 Å². The molecule has 0 saturated carbocycles. The van der Waals surface area contributed by atoms with Gasteiger partial charge in [0, 0.05) is 38.9 Å². The van der Waals surface area contributed by atoms with Gasteiger partial charge in [0.05, 0.1) is 31.5 Å². The summed E-state index contributed by atoms with van der Waals surface area (Å²) in [5, 5.41) is 7.11. The molecule has 0 bridgehead atoms. The van der Waals surface area contributed by atoms with Crippen molar-refractivity contribution in [1.29, 1.82) is 0 Å². The molecule has 8 heteroatoms. The van der Waals surface area contributed by atoms with E-state index in [1.54, 1.807) is 22.0 Å². The Labute approximate surface area is 141 Å². The van der Waals surface area contributed by atoms with E-state index in [1.807, 2.05) is 6.92 Å². The minimum atomic E-state index is -0.386. The Hall–Kier alpha value is -1.93. The summed E-state index contributed by atoms with van der Waals surface area (Å²) < 4.78 is 7.14. The number of rotatable bonds is 5. The van der Waals surface area contributed by atoms with Crippen LogP contribution in [-0.2, 0) is 16.1 Å². The molecule has 1 unspecified atom stereocenters. The van der Waals surface area contributed by atoms with Crippen LogP contribution in [0.1, 0.15) is 23.7 Å². The Morgan fingerprint density at radius 2 is 2.12 bits per heavy atom. The van der Waals surface area contributed by atoms with E-state index in [0.717, 1.165) is 39.4 Å². The predicted octanol–water partition coefficient (Wildman–Crippen LogP) is -0.434. The van der Waals surface area contributed by atoms with Gasteiger partial charge < -0.3 is 15.0 Å². The molecule has 1 aromatic rings. The number of carbonyl (C=O) groups is 2. The number of amides is 2. The average Bonchev–Trinajstić information content (AvgIpc) is 3.09. The lowest BCUT2D eigenvalue weighted by atomic mass is 10.1. The van der Waals surface area contributed by atoms with Gasteiger partial charge in [0.1, 0.15) is 6.04 Å². The molecule has 1 aromatic heterocycles.